The Hall–Kier alpha value is -1.16. The smallest absolute Gasteiger partial charge is 0.236 e. The van der Waals surface area contributed by atoms with Gasteiger partial charge in [0.05, 0.1) is 17.9 Å². The first-order chi connectivity index (χ1) is 6.66. The van der Waals surface area contributed by atoms with Crippen LogP contribution in [-0.4, -0.2) is 34.5 Å². The summed E-state index contributed by atoms with van der Waals surface area (Å²) in [6.07, 6.45) is 3.16. The summed E-state index contributed by atoms with van der Waals surface area (Å²) in [7, 11) is 0. The van der Waals surface area contributed by atoms with Crippen LogP contribution in [0, 0.1) is 11.8 Å². The van der Waals surface area contributed by atoms with Crippen molar-refractivity contribution in [3.63, 3.8) is 0 Å². The molecule has 2 amide bonds. The van der Waals surface area contributed by atoms with E-state index in [0.717, 1.165) is 0 Å². The van der Waals surface area contributed by atoms with Gasteiger partial charge in [-0.25, -0.2) is 0 Å². The quantitative estimate of drug-likeness (QED) is 0.470. The molecule has 2 rings (SSSR count). The highest BCUT2D eigenvalue weighted by molar-refractivity contribution is 6.05. The van der Waals surface area contributed by atoms with Crippen molar-refractivity contribution in [3.05, 3.63) is 12.2 Å². The van der Waals surface area contributed by atoms with Gasteiger partial charge in [-0.15, -0.1) is 0 Å². The molecule has 0 aromatic rings. The predicted molar refractivity (Wildman–Crippen MR) is 49.1 cm³/mol. The number of allylic oxidation sites excluding steroid dienone is 1. The normalized spacial score (nSPS) is 36.4. The molecule has 14 heavy (non-hydrogen) atoms. The van der Waals surface area contributed by atoms with Gasteiger partial charge in [-0.2, -0.15) is 0 Å². The number of hydrogen-bond donors (Lipinski definition) is 1. The molecule has 4 nitrogen and oxygen atoms in total. The van der Waals surface area contributed by atoms with E-state index in [1.807, 2.05) is 0 Å². The lowest BCUT2D eigenvalue weighted by molar-refractivity contribution is -0.140. The molecule has 2 aliphatic rings. The molecule has 1 fully saturated rings. The van der Waals surface area contributed by atoms with E-state index in [9.17, 15) is 14.7 Å². The molecule has 0 aromatic carbocycles. The Labute approximate surface area is 82.2 Å². The summed E-state index contributed by atoms with van der Waals surface area (Å²) in [6.45, 7) is 2.17. The van der Waals surface area contributed by atoms with Gasteiger partial charge in [-0.3, -0.25) is 14.5 Å². The van der Waals surface area contributed by atoms with Crippen molar-refractivity contribution in [2.75, 3.05) is 6.54 Å². The molecule has 0 saturated carbocycles. The predicted octanol–water partition coefficient (Wildman–Crippen LogP) is -0.0717. The number of nitrogens with zero attached hydrogens (tertiary/aromatic N) is 1. The highest BCUT2D eigenvalue weighted by Crippen LogP contribution is 2.34. The number of aliphatic hydroxyl groups is 1. The third-order valence-electron chi connectivity index (χ3n) is 2.98. The van der Waals surface area contributed by atoms with E-state index < -0.39 is 12.0 Å². The van der Waals surface area contributed by atoms with E-state index in [1.165, 1.54) is 4.90 Å². The monoisotopic (exact) mass is 195 g/mol. The fourth-order valence-electron chi connectivity index (χ4n) is 2.24. The van der Waals surface area contributed by atoms with Crippen LogP contribution in [0.4, 0.5) is 0 Å². The molecule has 1 saturated heterocycles. The third-order valence-corrected chi connectivity index (χ3v) is 2.98. The number of fused-ring (bicyclic) bond motifs is 1. The van der Waals surface area contributed by atoms with Gasteiger partial charge >= 0.3 is 0 Å². The minimum atomic E-state index is -0.790. The summed E-state index contributed by atoms with van der Waals surface area (Å²) in [5.41, 5.74) is 0. The van der Waals surface area contributed by atoms with Gasteiger partial charge in [0.2, 0.25) is 11.8 Å². The first-order valence-corrected chi connectivity index (χ1v) is 4.86. The summed E-state index contributed by atoms with van der Waals surface area (Å²) in [5, 5.41) is 9.59. The minimum absolute atomic E-state index is 0.133. The summed E-state index contributed by atoms with van der Waals surface area (Å²) in [6, 6.07) is 0. The fourth-order valence-corrected chi connectivity index (χ4v) is 2.24. The van der Waals surface area contributed by atoms with Crippen LogP contribution in [0.1, 0.15) is 13.3 Å². The van der Waals surface area contributed by atoms with E-state index >= 15 is 0 Å². The average Bonchev–Trinajstić information content (AvgIpc) is 2.41. The van der Waals surface area contributed by atoms with E-state index in [2.05, 4.69) is 0 Å². The van der Waals surface area contributed by atoms with E-state index in [0.29, 0.717) is 13.0 Å². The maximum Gasteiger partial charge on any atom is 0.236 e. The van der Waals surface area contributed by atoms with Crippen LogP contribution in [0.25, 0.3) is 0 Å². The van der Waals surface area contributed by atoms with Crippen LogP contribution < -0.4 is 0 Å². The topological polar surface area (TPSA) is 57.6 Å². The summed E-state index contributed by atoms with van der Waals surface area (Å²) in [4.78, 5) is 24.6. The number of amides is 2. The molecule has 3 atom stereocenters. The molecule has 0 unspecified atom stereocenters. The van der Waals surface area contributed by atoms with Crippen molar-refractivity contribution in [2.45, 2.75) is 19.4 Å². The summed E-state index contributed by atoms with van der Waals surface area (Å²) < 4.78 is 0. The average molecular weight is 195 g/mol. The standard InChI is InChI=1S/C10H13NO3/c1-2-11-9(13)6-4-3-5-7(12)8(6)10(11)14/h3,5-8,12H,2,4H2,1H3/t6-,7+,8-/m1/s1. The second-order valence-corrected chi connectivity index (χ2v) is 3.71. The van der Waals surface area contributed by atoms with Crippen molar-refractivity contribution >= 4 is 11.8 Å². The van der Waals surface area contributed by atoms with Crippen molar-refractivity contribution in [1.82, 2.24) is 4.90 Å². The lowest BCUT2D eigenvalue weighted by Crippen LogP contribution is -2.33. The van der Waals surface area contributed by atoms with Crippen molar-refractivity contribution in [1.29, 1.82) is 0 Å². The van der Waals surface area contributed by atoms with E-state index in [4.69, 9.17) is 0 Å². The number of rotatable bonds is 1. The van der Waals surface area contributed by atoms with Crippen molar-refractivity contribution in [3.8, 4) is 0 Å². The van der Waals surface area contributed by atoms with Gasteiger partial charge in [0.15, 0.2) is 0 Å². The Morgan fingerprint density at radius 2 is 2.21 bits per heavy atom. The Kier molecular flexibility index (Phi) is 2.15. The highest BCUT2D eigenvalue weighted by Gasteiger charge is 2.50. The van der Waals surface area contributed by atoms with Gasteiger partial charge < -0.3 is 5.11 Å². The van der Waals surface area contributed by atoms with Gasteiger partial charge in [-0.1, -0.05) is 12.2 Å². The van der Waals surface area contributed by atoms with Gasteiger partial charge in [0, 0.05) is 6.54 Å². The zero-order valence-corrected chi connectivity index (χ0v) is 8.01. The molecule has 1 aliphatic carbocycles. The number of carbonyl (C=O) groups excluding carboxylic acids is 2. The Balaban J connectivity index is 2.32. The Bertz CT molecular complexity index is 310. The van der Waals surface area contributed by atoms with Crippen LogP contribution in [0.15, 0.2) is 12.2 Å². The Morgan fingerprint density at radius 1 is 1.50 bits per heavy atom. The van der Waals surface area contributed by atoms with Crippen molar-refractivity contribution < 1.29 is 14.7 Å². The number of hydrogen-bond acceptors (Lipinski definition) is 3. The number of carbonyl (C=O) groups is 2. The van der Waals surface area contributed by atoms with Crippen LogP contribution in [0.5, 0.6) is 0 Å². The highest BCUT2D eigenvalue weighted by atomic mass is 16.3. The maximum atomic E-state index is 11.7. The number of aliphatic hydroxyl groups excluding tert-OH is 1. The molecule has 0 aromatic heterocycles. The number of likely N-dealkylation sites (tertiary alicyclic amines) is 1. The lowest BCUT2D eigenvalue weighted by Gasteiger charge is -2.21. The zero-order valence-electron chi connectivity index (χ0n) is 8.01. The first kappa shape index (κ1) is 9.40. The molecule has 0 spiro atoms. The maximum absolute atomic E-state index is 11.7. The SMILES string of the molecule is CCN1C(=O)[C@H]2[C@@H](O)C=CC[C@H]2C1=O. The van der Waals surface area contributed by atoms with Gasteiger partial charge in [-0.05, 0) is 13.3 Å². The molecule has 4 heteroatoms. The first-order valence-electron chi connectivity index (χ1n) is 4.86. The molecular weight excluding hydrogens is 182 g/mol. The molecule has 1 aliphatic heterocycles. The third kappa shape index (κ3) is 1.10. The molecule has 76 valence electrons. The lowest BCUT2D eigenvalue weighted by atomic mass is 9.83. The molecule has 1 N–H and O–H groups in total. The van der Waals surface area contributed by atoms with E-state index in [1.54, 1.807) is 19.1 Å². The van der Waals surface area contributed by atoms with Crippen LogP contribution >= 0.6 is 0 Å². The Morgan fingerprint density at radius 3 is 2.79 bits per heavy atom. The van der Waals surface area contributed by atoms with Crippen LogP contribution in [0.3, 0.4) is 0 Å². The van der Waals surface area contributed by atoms with Crippen molar-refractivity contribution in [2.24, 2.45) is 11.8 Å². The second kappa shape index (κ2) is 3.20. The number of imide groups is 1. The largest absolute Gasteiger partial charge is 0.388 e. The summed E-state index contributed by atoms with van der Waals surface area (Å²) >= 11 is 0. The summed E-state index contributed by atoms with van der Waals surface area (Å²) in [5.74, 6) is -1.22. The zero-order chi connectivity index (χ0) is 10.3. The fraction of sp³-hybridized carbons (Fsp3) is 0.600. The molecule has 0 radical (unpaired) electrons. The molecule has 1 heterocycles. The van der Waals surface area contributed by atoms with Gasteiger partial charge in [0.25, 0.3) is 0 Å². The van der Waals surface area contributed by atoms with Crippen LogP contribution in [-0.2, 0) is 9.59 Å². The minimum Gasteiger partial charge on any atom is -0.388 e. The molecule has 0 bridgehead atoms. The van der Waals surface area contributed by atoms with Gasteiger partial charge in [0.1, 0.15) is 0 Å². The van der Waals surface area contributed by atoms with Crippen LogP contribution in [0.2, 0.25) is 0 Å². The molecular formula is C10H13NO3. The van der Waals surface area contributed by atoms with E-state index in [-0.39, 0.29) is 17.7 Å². The second-order valence-electron chi connectivity index (χ2n) is 3.71.